The van der Waals surface area contributed by atoms with Crippen LogP contribution in [0.2, 0.25) is 0 Å². The normalized spacial score (nSPS) is 16.1. The number of hydrogen-bond acceptors (Lipinski definition) is 5. The largest absolute Gasteiger partial charge is 0.502 e. The third kappa shape index (κ3) is 4.56. The Labute approximate surface area is 160 Å². The lowest BCUT2D eigenvalue weighted by Crippen LogP contribution is -2.29. The first-order chi connectivity index (χ1) is 13.3. The van der Waals surface area contributed by atoms with Crippen molar-refractivity contribution < 1.29 is 23.1 Å². The van der Waals surface area contributed by atoms with Crippen LogP contribution in [0.1, 0.15) is 48.7 Å². The van der Waals surface area contributed by atoms with E-state index in [1.165, 1.54) is 12.1 Å². The van der Waals surface area contributed by atoms with Gasteiger partial charge in [-0.25, -0.2) is 8.78 Å². The Kier molecular flexibility index (Phi) is 6.08. The van der Waals surface area contributed by atoms with Crippen molar-refractivity contribution in [3.8, 4) is 5.75 Å². The molecule has 1 aliphatic rings. The molecule has 0 bridgehead atoms. The Morgan fingerprint density at radius 1 is 1.18 bits per heavy atom. The fourth-order valence-corrected chi connectivity index (χ4v) is 3.50. The third-order valence-corrected chi connectivity index (χ3v) is 4.90. The summed E-state index contributed by atoms with van der Waals surface area (Å²) >= 11 is 0. The van der Waals surface area contributed by atoms with E-state index in [-0.39, 0.29) is 17.7 Å². The average Bonchev–Trinajstić information content (AvgIpc) is 2.66. The molecule has 1 fully saturated rings. The molecule has 3 N–H and O–H groups in total. The third-order valence-electron chi connectivity index (χ3n) is 4.90. The van der Waals surface area contributed by atoms with Gasteiger partial charge in [-0.3, -0.25) is 14.5 Å². The molecule has 2 aromatic rings. The zero-order chi connectivity index (χ0) is 20.3. The molecule has 1 aromatic carbocycles. The summed E-state index contributed by atoms with van der Waals surface area (Å²) in [7, 11) is 0. The van der Waals surface area contributed by atoms with Gasteiger partial charge in [-0.05, 0) is 43.6 Å². The fraction of sp³-hybridized carbons (Fsp3) is 0.400. The molecule has 6 nitrogen and oxygen atoms in total. The number of carbonyl (C=O) groups is 1. The summed E-state index contributed by atoms with van der Waals surface area (Å²) in [5.41, 5.74) is 4.81. The van der Waals surface area contributed by atoms with Gasteiger partial charge in [0.05, 0.1) is 12.5 Å². The minimum absolute atomic E-state index is 0.172. The number of hydrogen-bond donors (Lipinski definition) is 2. The van der Waals surface area contributed by atoms with Gasteiger partial charge < -0.3 is 15.3 Å². The van der Waals surface area contributed by atoms with E-state index in [9.17, 15) is 23.5 Å². The molecule has 1 aromatic heterocycles. The number of piperidine rings is 1. The van der Waals surface area contributed by atoms with E-state index in [1.807, 2.05) is 0 Å². The summed E-state index contributed by atoms with van der Waals surface area (Å²) in [6.45, 7) is 2.12. The maximum Gasteiger partial charge on any atom is 0.227 e. The quantitative estimate of drug-likeness (QED) is 0.788. The number of carbonyl (C=O) groups excluding carboxylic acids is 1. The van der Waals surface area contributed by atoms with Gasteiger partial charge in [0.2, 0.25) is 17.1 Å². The van der Waals surface area contributed by atoms with Crippen LogP contribution in [-0.2, 0) is 11.3 Å². The van der Waals surface area contributed by atoms with Crippen LogP contribution in [0.15, 0.2) is 33.5 Å². The Hall–Kier alpha value is -2.74. The van der Waals surface area contributed by atoms with E-state index in [0.717, 1.165) is 44.5 Å². The van der Waals surface area contributed by atoms with Crippen molar-refractivity contribution in [3.63, 3.8) is 0 Å². The Morgan fingerprint density at radius 3 is 2.54 bits per heavy atom. The van der Waals surface area contributed by atoms with E-state index in [4.69, 9.17) is 10.2 Å². The minimum Gasteiger partial charge on any atom is -0.502 e. The first kappa shape index (κ1) is 20.0. The van der Waals surface area contributed by atoms with Crippen LogP contribution >= 0.6 is 0 Å². The number of primary amides is 1. The van der Waals surface area contributed by atoms with Gasteiger partial charge in [-0.15, -0.1) is 0 Å². The maximum absolute atomic E-state index is 13.7. The van der Waals surface area contributed by atoms with Gasteiger partial charge in [0.1, 0.15) is 5.76 Å². The number of likely N-dealkylation sites (tertiary alicyclic amines) is 1. The number of nitrogens with zero attached hydrogens (tertiary/aromatic N) is 1. The highest BCUT2D eigenvalue weighted by atomic mass is 19.2. The predicted molar refractivity (Wildman–Crippen MR) is 97.8 cm³/mol. The fourth-order valence-electron chi connectivity index (χ4n) is 3.50. The standard InChI is InChI=1S/C20H22F2N2O4/c21-15-5-4-12(8-16(15)22)14(10-18(23)26)20-19(27)17(25)9-13(28-20)11-24-6-2-1-3-7-24/h4-5,8-9,14,27H,1-3,6-7,10-11H2,(H2,23,26). The lowest BCUT2D eigenvalue weighted by molar-refractivity contribution is -0.118. The summed E-state index contributed by atoms with van der Waals surface area (Å²) in [5, 5.41) is 10.3. The molecule has 1 unspecified atom stereocenters. The topological polar surface area (TPSA) is 96.8 Å². The zero-order valence-corrected chi connectivity index (χ0v) is 15.3. The summed E-state index contributed by atoms with van der Waals surface area (Å²) in [6, 6.07) is 4.29. The van der Waals surface area contributed by atoms with Crippen LogP contribution in [0.3, 0.4) is 0 Å². The molecule has 0 saturated carbocycles. The minimum atomic E-state index is -1.11. The second-order valence-electron chi connectivity index (χ2n) is 7.02. The first-order valence-electron chi connectivity index (χ1n) is 9.16. The summed E-state index contributed by atoms with van der Waals surface area (Å²) < 4.78 is 32.8. The first-order valence-corrected chi connectivity index (χ1v) is 9.16. The summed E-state index contributed by atoms with van der Waals surface area (Å²) in [5.74, 6) is -4.43. The molecule has 0 radical (unpaired) electrons. The van der Waals surface area contributed by atoms with Crippen LogP contribution in [0, 0.1) is 11.6 Å². The summed E-state index contributed by atoms with van der Waals surface area (Å²) in [4.78, 5) is 25.9. The monoisotopic (exact) mass is 392 g/mol. The van der Waals surface area contributed by atoms with Gasteiger partial charge in [-0.2, -0.15) is 0 Å². The van der Waals surface area contributed by atoms with Crippen molar-refractivity contribution in [3.05, 3.63) is 63.2 Å². The van der Waals surface area contributed by atoms with Crippen LogP contribution in [0.25, 0.3) is 0 Å². The molecule has 3 rings (SSSR count). The van der Waals surface area contributed by atoms with E-state index >= 15 is 0 Å². The Bertz CT molecular complexity index is 923. The molecule has 0 aliphatic carbocycles. The van der Waals surface area contributed by atoms with Crippen molar-refractivity contribution >= 4 is 5.91 Å². The lowest BCUT2D eigenvalue weighted by atomic mass is 9.91. The molecule has 1 atom stereocenters. The van der Waals surface area contributed by atoms with E-state index in [0.29, 0.717) is 12.3 Å². The highest BCUT2D eigenvalue weighted by Crippen LogP contribution is 2.33. The van der Waals surface area contributed by atoms with Crippen molar-refractivity contribution in [2.45, 2.75) is 38.1 Å². The summed E-state index contributed by atoms with van der Waals surface area (Å²) in [6.07, 6.45) is 2.91. The number of nitrogens with two attached hydrogens (primary N) is 1. The van der Waals surface area contributed by atoms with Crippen LogP contribution < -0.4 is 11.2 Å². The number of amides is 1. The smallest absolute Gasteiger partial charge is 0.227 e. The second-order valence-corrected chi connectivity index (χ2v) is 7.02. The van der Waals surface area contributed by atoms with E-state index in [2.05, 4.69) is 4.90 Å². The maximum atomic E-state index is 13.7. The second kappa shape index (κ2) is 8.52. The van der Waals surface area contributed by atoms with E-state index < -0.39 is 34.6 Å². The van der Waals surface area contributed by atoms with Crippen molar-refractivity contribution in [2.75, 3.05) is 13.1 Å². The molecule has 2 heterocycles. The molecule has 8 heteroatoms. The number of halogens is 2. The molecule has 150 valence electrons. The molecule has 1 amide bonds. The van der Waals surface area contributed by atoms with E-state index in [1.54, 1.807) is 0 Å². The highest BCUT2D eigenvalue weighted by Gasteiger charge is 2.26. The number of aromatic hydroxyl groups is 1. The van der Waals surface area contributed by atoms with Crippen molar-refractivity contribution in [1.29, 1.82) is 0 Å². The number of rotatable bonds is 6. The zero-order valence-electron chi connectivity index (χ0n) is 15.3. The molecule has 1 aliphatic heterocycles. The van der Waals surface area contributed by atoms with Gasteiger partial charge in [-0.1, -0.05) is 12.5 Å². The Balaban J connectivity index is 2.01. The SMILES string of the molecule is NC(=O)CC(c1ccc(F)c(F)c1)c1oc(CN2CCCCC2)cc(=O)c1O. The van der Waals surface area contributed by atoms with Gasteiger partial charge in [0, 0.05) is 12.5 Å². The molecular weight excluding hydrogens is 370 g/mol. The number of benzene rings is 1. The van der Waals surface area contributed by atoms with Gasteiger partial charge in [0.25, 0.3) is 0 Å². The highest BCUT2D eigenvalue weighted by molar-refractivity contribution is 5.75. The predicted octanol–water partition coefficient (Wildman–Crippen LogP) is 2.62. The van der Waals surface area contributed by atoms with Crippen molar-refractivity contribution in [2.24, 2.45) is 5.73 Å². The van der Waals surface area contributed by atoms with Crippen LogP contribution in [0.4, 0.5) is 8.78 Å². The van der Waals surface area contributed by atoms with Crippen LogP contribution in [0.5, 0.6) is 5.75 Å². The average molecular weight is 392 g/mol. The molecular formula is C20H22F2N2O4. The van der Waals surface area contributed by atoms with Crippen molar-refractivity contribution in [1.82, 2.24) is 4.90 Å². The Morgan fingerprint density at radius 2 is 1.89 bits per heavy atom. The molecule has 1 saturated heterocycles. The lowest BCUT2D eigenvalue weighted by Gasteiger charge is -2.26. The molecule has 0 spiro atoms. The van der Waals surface area contributed by atoms with Gasteiger partial charge >= 0.3 is 0 Å². The van der Waals surface area contributed by atoms with Gasteiger partial charge in [0.15, 0.2) is 17.4 Å². The molecule has 28 heavy (non-hydrogen) atoms. The van der Waals surface area contributed by atoms with Crippen LogP contribution in [-0.4, -0.2) is 29.0 Å².